The first-order valence-electron chi connectivity index (χ1n) is 0. The minimum absolute atomic E-state index is 0. The Hall–Kier alpha value is 2.04. The molecule has 6 N–H and O–H groups in total. The van der Waals surface area contributed by atoms with Crippen LogP contribution in [0.5, 0.6) is 0 Å². The van der Waals surface area contributed by atoms with Crippen LogP contribution in [-0.2, 0) is 0 Å². The molecule has 48 valence electrons. The summed E-state index contributed by atoms with van der Waals surface area (Å²) in [6.45, 7) is 0. The molecule has 0 fully saturated rings. The summed E-state index contributed by atoms with van der Waals surface area (Å²) in [4.78, 5) is 0. The second kappa shape index (κ2) is 140. The maximum Gasteiger partial charge on any atom is 4.00 e. The van der Waals surface area contributed by atoms with E-state index in [9.17, 15) is 0 Å². The Morgan fingerprint density at radius 3 is 0.375 bits per heavy atom. The molecule has 8 heavy (non-hydrogen) atoms. The quantitative estimate of drug-likeness (QED) is 0.474. The molecule has 6 nitrogen and oxygen atoms in total. The van der Waals surface area contributed by atoms with Gasteiger partial charge in [0.25, 0.3) is 0 Å². The van der Waals surface area contributed by atoms with Crippen LogP contribution in [0.1, 0.15) is 0 Å². The topological polar surface area (TPSA) is 180 Å². The minimum atomic E-state index is 0. The van der Waals surface area contributed by atoms with Crippen LogP contribution in [0.3, 0.4) is 0 Å². The van der Waals surface area contributed by atoms with Gasteiger partial charge in [0.05, 0.1) is 0 Å². The van der Waals surface area contributed by atoms with Crippen molar-refractivity contribution in [3.63, 3.8) is 0 Å². The number of rotatable bonds is 0. The third-order valence-electron chi connectivity index (χ3n) is 0. The van der Waals surface area contributed by atoms with Crippen LogP contribution >= 0.6 is 0 Å². The van der Waals surface area contributed by atoms with Gasteiger partial charge in [0, 0.05) is 0 Å². The predicted molar refractivity (Wildman–Crippen MR) is 23.1 cm³/mol. The van der Waals surface area contributed by atoms with E-state index in [0.717, 1.165) is 0 Å². The standard InChI is InChI=1S/6H2O.Sn.Sr/h6*1H2;;/q;;;;;;+4;+2/p-6. The Kier molecular flexibility index (Phi) is 3460. The maximum absolute atomic E-state index is 0. The molecule has 0 saturated heterocycles. The molecule has 0 atom stereocenters. The van der Waals surface area contributed by atoms with Gasteiger partial charge in [-0.05, 0) is 0 Å². The summed E-state index contributed by atoms with van der Waals surface area (Å²) in [5, 5.41) is 0. The summed E-state index contributed by atoms with van der Waals surface area (Å²) in [6.07, 6.45) is 0. The second-order valence-electron chi connectivity index (χ2n) is 0. The van der Waals surface area contributed by atoms with Gasteiger partial charge in [-0.25, -0.2) is 0 Å². The summed E-state index contributed by atoms with van der Waals surface area (Å²) in [5.41, 5.74) is 0. The van der Waals surface area contributed by atoms with E-state index < -0.39 is 0 Å². The van der Waals surface area contributed by atoms with Crippen LogP contribution in [0.4, 0.5) is 0 Å². The first-order chi connectivity index (χ1) is 0. The van der Waals surface area contributed by atoms with Crippen LogP contribution in [0.15, 0.2) is 0 Å². The van der Waals surface area contributed by atoms with Gasteiger partial charge < -0.3 is 32.9 Å². The fourth-order valence-electron chi connectivity index (χ4n) is 0. The zero-order valence-corrected chi connectivity index (χ0v) is 10.2. The molecule has 0 radical (unpaired) electrons. The first kappa shape index (κ1) is 197. The van der Waals surface area contributed by atoms with E-state index in [1.807, 2.05) is 0 Å². The summed E-state index contributed by atoms with van der Waals surface area (Å²) in [7, 11) is 0. The normalized spacial score (nSPS) is 0. The predicted octanol–water partition coefficient (Wildman–Crippen LogP) is -1.82. The van der Waals surface area contributed by atoms with Crippen LogP contribution in [-0.4, -0.2) is 102 Å². The van der Waals surface area contributed by atoms with Crippen molar-refractivity contribution in [2.75, 3.05) is 0 Å². The molecule has 0 aliphatic carbocycles. The molecular formula is H6O6SnSr. The van der Waals surface area contributed by atoms with Crippen molar-refractivity contribution >= 4 is 69.4 Å². The number of hydrogen-bond acceptors (Lipinski definition) is 6. The molecule has 0 aliphatic heterocycles. The van der Waals surface area contributed by atoms with E-state index in [-0.39, 0.29) is 102 Å². The van der Waals surface area contributed by atoms with Crippen molar-refractivity contribution in [2.24, 2.45) is 0 Å². The third kappa shape index (κ3) is 95.8. The van der Waals surface area contributed by atoms with E-state index in [0.29, 0.717) is 0 Å². The summed E-state index contributed by atoms with van der Waals surface area (Å²) >= 11 is 0. The molecule has 0 heterocycles. The minimum Gasteiger partial charge on any atom is -0.870 e. The van der Waals surface area contributed by atoms with Crippen LogP contribution in [0.25, 0.3) is 0 Å². The maximum atomic E-state index is 0. The molecule has 0 spiro atoms. The van der Waals surface area contributed by atoms with E-state index in [1.54, 1.807) is 0 Å². The van der Waals surface area contributed by atoms with Gasteiger partial charge in [0.15, 0.2) is 0 Å². The van der Waals surface area contributed by atoms with Crippen LogP contribution < -0.4 is 0 Å². The van der Waals surface area contributed by atoms with Crippen molar-refractivity contribution in [3.8, 4) is 0 Å². The third-order valence-corrected chi connectivity index (χ3v) is 0. The van der Waals surface area contributed by atoms with Gasteiger partial charge in [-0.1, -0.05) is 0 Å². The van der Waals surface area contributed by atoms with Gasteiger partial charge in [0.2, 0.25) is 0 Å². The smallest absolute Gasteiger partial charge is 0.870 e. The molecule has 0 aliphatic rings. The molecule has 0 unspecified atom stereocenters. The summed E-state index contributed by atoms with van der Waals surface area (Å²) in [6, 6.07) is 0. The van der Waals surface area contributed by atoms with E-state index >= 15 is 0 Å². The number of hydrogen-bond donors (Lipinski definition) is 0. The second-order valence-corrected chi connectivity index (χ2v) is 0. The Bertz CT molecular complexity index is 8.49. The Balaban J connectivity index is 0. The van der Waals surface area contributed by atoms with Crippen molar-refractivity contribution in [3.05, 3.63) is 0 Å². The van der Waals surface area contributed by atoms with Crippen molar-refractivity contribution in [1.82, 2.24) is 0 Å². The summed E-state index contributed by atoms with van der Waals surface area (Å²) in [5.74, 6) is 0. The average Bonchev–Trinajstić information content (AvgIpc) is 0. The van der Waals surface area contributed by atoms with Crippen LogP contribution in [0.2, 0.25) is 0 Å². The van der Waals surface area contributed by atoms with Gasteiger partial charge in [0.1, 0.15) is 0 Å². The van der Waals surface area contributed by atoms with Gasteiger partial charge in [-0.3, -0.25) is 0 Å². The largest absolute Gasteiger partial charge is 4.00 e. The van der Waals surface area contributed by atoms with Crippen LogP contribution in [0, 0.1) is 0 Å². The Labute approximate surface area is 101 Å². The molecule has 0 aromatic carbocycles. The van der Waals surface area contributed by atoms with E-state index in [2.05, 4.69) is 0 Å². The fraction of sp³-hybridized carbons (Fsp3) is 0. The molecule has 0 saturated carbocycles. The average molecular weight is 308 g/mol. The molecular weight excluding hydrogens is 302 g/mol. The van der Waals surface area contributed by atoms with Gasteiger partial charge in [-0.15, -0.1) is 0 Å². The SMILES string of the molecule is [OH-].[OH-].[OH-].[OH-].[OH-].[OH-].[Sn+4].[Sr+2]. The van der Waals surface area contributed by atoms with Crippen molar-refractivity contribution < 1.29 is 32.9 Å². The fourth-order valence-corrected chi connectivity index (χ4v) is 0. The molecule has 0 aromatic rings. The van der Waals surface area contributed by atoms with Crippen molar-refractivity contribution in [2.45, 2.75) is 0 Å². The molecule has 0 aromatic heterocycles. The molecule has 0 amide bonds. The van der Waals surface area contributed by atoms with Gasteiger partial charge >= 0.3 is 69.4 Å². The zero-order chi connectivity index (χ0) is 0. The van der Waals surface area contributed by atoms with Crippen molar-refractivity contribution in [1.29, 1.82) is 0 Å². The first-order valence-corrected chi connectivity index (χ1v) is 0. The monoisotopic (exact) mass is 310 g/mol. The molecule has 8 heteroatoms. The molecule has 0 bridgehead atoms. The Morgan fingerprint density at radius 1 is 0.375 bits per heavy atom. The Morgan fingerprint density at radius 2 is 0.375 bits per heavy atom. The summed E-state index contributed by atoms with van der Waals surface area (Å²) < 4.78 is 0. The zero-order valence-electron chi connectivity index (χ0n) is 3.89. The van der Waals surface area contributed by atoms with E-state index in [4.69, 9.17) is 0 Å². The van der Waals surface area contributed by atoms with Gasteiger partial charge in [-0.2, -0.15) is 0 Å². The molecule has 0 rings (SSSR count). The van der Waals surface area contributed by atoms with E-state index in [1.165, 1.54) is 0 Å².